The van der Waals surface area contributed by atoms with Gasteiger partial charge in [0.15, 0.2) is 0 Å². The van der Waals surface area contributed by atoms with Crippen molar-refractivity contribution in [3.63, 3.8) is 0 Å². The average Bonchev–Trinajstić information content (AvgIpc) is 2.13. The molecular formula is C11H25NO. The third-order valence-electron chi connectivity index (χ3n) is 2.63. The van der Waals surface area contributed by atoms with Crippen LogP contribution in [0.5, 0.6) is 0 Å². The van der Waals surface area contributed by atoms with E-state index in [2.05, 4.69) is 26.1 Å². The monoisotopic (exact) mass is 187 g/mol. The second-order valence-electron chi connectivity index (χ2n) is 4.12. The lowest BCUT2D eigenvalue weighted by Gasteiger charge is -2.19. The molecule has 2 N–H and O–H groups in total. The largest absolute Gasteiger partial charge is 0.392 e. The van der Waals surface area contributed by atoms with Crippen LogP contribution in [0.2, 0.25) is 0 Å². The molecule has 0 rings (SSSR count). The zero-order chi connectivity index (χ0) is 10.3. The molecule has 3 unspecified atom stereocenters. The fourth-order valence-corrected chi connectivity index (χ4v) is 1.34. The molecule has 0 radical (unpaired) electrons. The van der Waals surface area contributed by atoms with Crippen LogP contribution in [0.4, 0.5) is 0 Å². The van der Waals surface area contributed by atoms with Gasteiger partial charge < -0.3 is 10.4 Å². The van der Waals surface area contributed by atoms with E-state index in [0.717, 1.165) is 18.9 Å². The van der Waals surface area contributed by atoms with Gasteiger partial charge in [-0.1, -0.05) is 27.2 Å². The predicted molar refractivity (Wildman–Crippen MR) is 57.8 cm³/mol. The maximum atomic E-state index is 9.34. The standard InChI is InChI=1S/C11H25NO/c1-5-9(3)7-10(4)12-8-11(13)6-2/h9-13H,5-8H2,1-4H3. The highest BCUT2D eigenvalue weighted by molar-refractivity contribution is 4.66. The van der Waals surface area contributed by atoms with E-state index in [1.54, 1.807) is 0 Å². The number of nitrogens with one attached hydrogen (secondary N) is 1. The van der Waals surface area contributed by atoms with Crippen LogP contribution in [0.3, 0.4) is 0 Å². The van der Waals surface area contributed by atoms with E-state index in [1.807, 2.05) is 6.92 Å². The molecule has 0 aromatic carbocycles. The van der Waals surface area contributed by atoms with Crippen LogP contribution in [-0.2, 0) is 0 Å². The van der Waals surface area contributed by atoms with E-state index in [-0.39, 0.29) is 6.10 Å². The number of hydrogen-bond acceptors (Lipinski definition) is 2. The first-order chi connectivity index (χ1) is 6.10. The van der Waals surface area contributed by atoms with Crippen LogP contribution in [0.25, 0.3) is 0 Å². The SMILES string of the molecule is CCC(C)CC(C)NCC(O)CC. The topological polar surface area (TPSA) is 32.3 Å². The maximum Gasteiger partial charge on any atom is 0.0662 e. The Balaban J connectivity index is 3.45. The van der Waals surface area contributed by atoms with Crippen LogP contribution in [0, 0.1) is 5.92 Å². The molecule has 0 amide bonds. The maximum absolute atomic E-state index is 9.34. The molecule has 0 saturated carbocycles. The fraction of sp³-hybridized carbons (Fsp3) is 1.00. The van der Waals surface area contributed by atoms with Gasteiger partial charge in [-0.25, -0.2) is 0 Å². The summed E-state index contributed by atoms with van der Waals surface area (Å²) in [5.41, 5.74) is 0. The highest BCUT2D eigenvalue weighted by Gasteiger charge is 2.08. The highest BCUT2D eigenvalue weighted by Crippen LogP contribution is 2.09. The Labute approximate surface area is 82.7 Å². The van der Waals surface area contributed by atoms with Crippen molar-refractivity contribution in [2.45, 2.75) is 59.1 Å². The minimum absolute atomic E-state index is 0.181. The van der Waals surface area contributed by atoms with Gasteiger partial charge in [0.25, 0.3) is 0 Å². The van der Waals surface area contributed by atoms with Crippen molar-refractivity contribution in [3.8, 4) is 0 Å². The molecule has 0 aliphatic rings. The molecule has 0 fully saturated rings. The van der Waals surface area contributed by atoms with E-state index in [9.17, 15) is 5.11 Å². The third-order valence-corrected chi connectivity index (χ3v) is 2.63. The Bertz CT molecular complexity index is 117. The molecule has 0 aromatic rings. The molecule has 80 valence electrons. The Hall–Kier alpha value is -0.0800. The Morgan fingerprint density at radius 1 is 1.15 bits per heavy atom. The smallest absolute Gasteiger partial charge is 0.0662 e. The van der Waals surface area contributed by atoms with Crippen molar-refractivity contribution in [1.29, 1.82) is 0 Å². The lowest BCUT2D eigenvalue weighted by Crippen LogP contribution is -2.34. The van der Waals surface area contributed by atoms with E-state index in [4.69, 9.17) is 0 Å². The van der Waals surface area contributed by atoms with Gasteiger partial charge in [-0.2, -0.15) is 0 Å². The lowest BCUT2D eigenvalue weighted by atomic mass is 10.0. The summed E-state index contributed by atoms with van der Waals surface area (Å²) in [5.74, 6) is 0.779. The quantitative estimate of drug-likeness (QED) is 0.640. The average molecular weight is 187 g/mol. The summed E-state index contributed by atoms with van der Waals surface area (Å²) >= 11 is 0. The van der Waals surface area contributed by atoms with Crippen molar-refractivity contribution < 1.29 is 5.11 Å². The highest BCUT2D eigenvalue weighted by atomic mass is 16.3. The second kappa shape index (κ2) is 7.34. The van der Waals surface area contributed by atoms with Crippen molar-refractivity contribution in [2.24, 2.45) is 5.92 Å². The Kier molecular flexibility index (Phi) is 7.29. The van der Waals surface area contributed by atoms with Gasteiger partial charge in [0.1, 0.15) is 0 Å². The van der Waals surface area contributed by atoms with Gasteiger partial charge in [-0.05, 0) is 25.7 Å². The van der Waals surface area contributed by atoms with Crippen LogP contribution in [0.15, 0.2) is 0 Å². The molecule has 0 aliphatic heterocycles. The van der Waals surface area contributed by atoms with Crippen molar-refractivity contribution in [2.75, 3.05) is 6.54 Å². The van der Waals surface area contributed by atoms with E-state index < -0.39 is 0 Å². The first-order valence-corrected chi connectivity index (χ1v) is 5.51. The Morgan fingerprint density at radius 3 is 2.23 bits per heavy atom. The molecular weight excluding hydrogens is 162 g/mol. The lowest BCUT2D eigenvalue weighted by molar-refractivity contribution is 0.161. The first-order valence-electron chi connectivity index (χ1n) is 5.51. The minimum Gasteiger partial charge on any atom is -0.392 e. The van der Waals surface area contributed by atoms with Crippen LogP contribution in [-0.4, -0.2) is 23.8 Å². The van der Waals surface area contributed by atoms with Crippen LogP contribution < -0.4 is 5.32 Å². The molecule has 2 heteroatoms. The van der Waals surface area contributed by atoms with Crippen molar-refractivity contribution in [1.82, 2.24) is 5.32 Å². The van der Waals surface area contributed by atoms with Gasteiger partial charge >= 0.3 is 0 Å². The van der Waals surface area contributed by atoms with Gasteiger partial charge in [-0.15, -0.1) is 0 Å². The zero-order valence-electron chi connectivity index (χ0n) is 9.51. The first kappa shape index (κ1) is 12.9. The van der Waals surface area contributed by atoms with E-state index in [0.29, 0.717) is 6.04 Å². The summed E-state index contributed by atoms with van der Waals surface area (Å²) in [7, 11) is 0. The molecule has 0 aromatic heterocycles. The number of hydrogen-bond donors (Lipinski definition) is 2. The van der Waals surface area contributed by atoms with Gasteiger partial charge in [0, 0.05) is 12.6 Å². The normalized spacial score (nSPS) is 18.2. The Morgan fingerprint density at radius 2 is 1.77 bits per heavy atom. The predicted octanol–water partition coefficient (Wildman–Crippen LogP) is 2.17. The molecule has 3 atom stereocenters. The third kappa shape index (κ3) is 7.03. The number of rotatable bonds is 7. The molecule has 0 bridgehead atoms. The molecule has 0 saturated heterocycles. The van der Waals surface area contributed by atoms with Gasteiger partial charge in [0.2, 0.25) is 0 Å². The fourth-order valence-electron chi connectivity index (χ4n) is 1.34. The number of aliphatic hydroxyl groups excluding tert-OH is 1. The van der Waals surface area contributed by atoms with Crippen LogP contribution in [0.1, 0.15) is 47.0 Å². The molecule has 0 spiro atoms. The summed E-state index contributed by atoms with van der Waals surface area (Å²) in [4.78, 5) is 0. The summed E-state index contributed by atoms with van der Waals surface area (Å²) in [5, 5.41) is 12.7. The van der Waals surface area contributed by atoms with Crippen molar-refractivity contribution in [3.05, 3.63) is 0 Å². The zero-order valence-corrected chi connectivity index (χ0v) is 9.51. The summed E-state index contributed by atoms with van der Waals surface area (Å²) in [6.07, 6.45) is 3.10. The van der Waals surface area contributed by atoms with Gasteiger partial charge in [0.05, 0.1) is 6.10 Å². The van der Waals surface area contributed by atoms with E-state index in [1.165, 1.54) is 12.8 Å². The molecule has 0 heterocycles. The summed E-state index contributed by atoms with van der Waals surface area (Å²) in [6, 6.07) is 0.524. The molecule has 2 nitrogen and oxygen atoms in total. The van der Waals surface area contributed by atoms with Crippen molar-refractivity contribution >= 4 is 0 Å². The summed E-state index contributed by atoms with van der Waals surface area (Å²) in [6.45, 7) is 9.42. The number of aliphatic hydroxyl groups is 1. The summed E-state index contributed by atoms with van der Waals surface area (Å²) < 4.78 is 0. The van der Waals surface area contributed by atoms with Crippen LogP contribution >= 0.6 is 0 Å². The molecule has 0 aliphatic carbocycles. The van der Waals surface area contributed by atoms with E-state index >= 15 is 0 Å². The molecule has 13 heavy (non-hydrogen) atoms. The van der Waals surface area contributed by atoms with Gasteiger partial charge in [-0.3, -0.25) is 0 Å². The second-order valence-corrected chi connectivity index (χ2v) is 4.12. The minimum atomic E-state index is -0.181.